The number of methoxy groups -OCH3 is 1. The first-order valence-corrected chi connectivity index (χ1v) is 8.98. The Morgan fingerprint density at radius 3 is 2.58 bits per heavy atom. The van der Waals surface area contributed by atoms with Crippen LogP contribution >= 0.6 is 11.6 Å². The number of hydrogen-bond donors (Lipinski definition) is 0. The van der Waals surface area contributed by atoms with Gasteiger partial charge in [0.15, 0.2) is 0 Å². The first-order chi connectivity index (χ1) is 12.5. The number of carbonyl (C=O) groups is 1. The van der Waals surface area contributed by atoms with E-state index in [0.29, 0.717) is 6.54 Å². The van der Waals surface area contributed by atoms with Crippen LogP contribution in [0.5, 0.6) is 0 Å². The third-order valence-electron chi connectivity index (χ3n) is 4.50. The number of carbonyl (C=O) groups excluding carboxylic acids is 1. The molecule has 1 fully saturated rings. The average Bonchev–Trinajstić information content (AvgIpc) is 2.99. The molecule has 26 heavy (non-hydrogen) atoms. The summed E-state index contributed by atoms with van der Waals surface area (Å²) in [6, 6.07) is 8.34. The molecule has 1 aromatic heterocycles. The van der Waals surface area contributed by atoms with Crippen LogP contribution < -0.4 is 0 Å². The van der Waals surface area contributed by atoms with Crippen LogP contribution in [0.4, 0.5) is 4.39 Å². The van der Waals surface area contributed by atoms with Crippen molar-refractivity contribution in [2.45, 2.75) is 19.5 Å². The van der Waals surface area contributed by atoms with E-state index in [1.807, 2.05) is 6.07 Å². The molecule has 140 valence electrons. The van der Waals surface area contributed by atoms with E-state index in [4.69, 9.17) is 16.0 Å². The largest absolute Gasteiger partial charge is 0.463 e. The molecule has 5 nitrogen and oxygen atoms in total. The third-order valence-corrected chi connectivity index (χ3v) is 4.79. The fourth-order valence-electron chi connectivity index (χ4n) is 3.13. The van der Waals surface area contributed by atoms with E-state index in [0.717, 1.165) is 50.5 Å². The maximum atomic E-state index is 13.3. The van der Waals surface area contributed by atoms with Gasteiger partial charge in [-0.05, 0) is 49.3 Å². The van der Waals surface area contributed by atoms with Crippen LogP contribution in [0, 0.1) is 5.82 Å². The molecule has 1 aromatic carbocycles. The zero-order chi connectivity index (χ0) is 18.5. The highest BCUT2D eigenvalue weighted by atomic mass is 35.5. The summed E-state index contributed by atoms with van der Waals surface area (Å²) >= 11 is 5.87. The second-order valence-electron chi connectivity index (χ2n) is 6.41. The first kappa shape index (κ1) is 18.9. The van der Waals surface area contributed by atoms with Crippen molar-refractivity contribution < 1.29 is 18.3 Å². The molecule has 0 amide bonds. The molecule has 2 heterocycles. The van der Waals surface area contributed by atoms with E-state index >= 15 is 0 Å². The Balaban J connectivity index is 1.53. The van der Waals surface area contributed by atoms with E-state index in [1.54, 1.807) is 18.2 Å². The number of furan rings is 1. The van der Waals surface area contributed by atoms with Gasteiger partial charge in [-0.2, -0.15) is 0 Å². The van der Waals surface area contributed by atoms with E-state index in [-0.39, 0.29) is 16.6 Å². The second kappa shape index (κ2) is 8.66. The molecule has 0 N–H and O–H groups in total. The topological polar surface area (TPSA) is 45.9 Å². The maximum Gasteiger partial charge on any atom is 0.373 e. The van der Waals surface area contributed by atoms with E-state index in [2.05, 4.69) is 14.5 Å². The Bertz CT molecular complexity index is 765. The molecule has 1 aliphatic rings. The summed E-state index contributed by atoms with van der Waals surface area (Å²) in [5.74, 6) is 0.134. The Labute approximate surface area is 157 Å². The van der Waals surface area contributed by atoms with Gasteiger partial charge in [0.25, 0.3) is 0 Å². The number of benzene rings is 1. The van der Waals surface area contributed by atoms with Crippen LogP contribution in [0.1, 0.15) is 28.3 Å². The lowest BCUT2D eigenvalue weighted by atomic mass is 10.2. The van der Waals surface area contributed by atoms with Crippen molar-refractivity contribution in [2.75, 3.05) is 33.3 Å². The fraction of sp³-hybridized carbons (Fsp3) is 0.421. The summed E-state index contributed by atoms with van der Waals surface area (Å²) < 4.78 is 23.5. The molecule has 0 saturated carbocycles. The zero-order valence-corrected chi connectivity index (χ0v) is 15.5. The van der Waals surface area contributed by atoms with Crippen LogP contribution in [-0.4, -0.2) is 49.1 Å². The number of ether oxygens (including phenoxy) is 1. The standard InChI is InChI=1S/C19H22ClFN2O3/c1-25-19(24)18-6-4-15(26-18)13-23-8-2-7-22(9-10-23)12-14-3-5-17(21)16(20)11-14/h3-6,11H,2,7-10,12-13H2,1H3. The van der Waals surface area contributed by atoms with Gasteiger partial charge in [-0.1, -0.05) is 17.7 Å². The van der Waals surface area contributed by atoms with Gasteiger partial charge in [0.2, 0.25) is 5.76 Å². The van der Waals surface area contributed by atoms with E-state index in [1.165, 1.54) is 13.2 Å². The van der Waals surface area contributed by atoms with Crippen LogP contribution in [-0.2, 0) is 17.8 Å². The molecular formula is C19H22ClFN2O3. The van der Waals surface area contributed by atoms with Gasteiger partial charge < -0.3 is 9.15 Å². The number of esters is 1. The van der Waals surface area contributed by atoms with E-state index in [9.17, 15) is 9.18 Å². The summed E-state index contributed by atoms with van der Waals surface area (Å²) in [4.78, 5) is 16.1. The number of hydrogen-bond acceptors (Lipinski definition) is 5. The fourth-order valence-corrected chi connectivity index (χ4v) is 3.33. The summed E-state index contributed by atoms with van der Waals surface area (Å²) in [5, 5.41) is 0.165. The molecule has 0 unspecified atom stereocenters. The lowest BCUT2D eigenvalue weighted by Crippen LogP contribution is -2.30. The van der Waals surface area contributed by atoms with Crippen molar-refractivity contribution in [1.82, 2.24) is 9.80 Å². The predicted octanol–water partition coefficient (Wildman–Crippen LogP) is 3.57. The minimum Gasteiger partial charge on any atom is -0.463 e. The number of halogens is 2. The SMILES string of the molecule is COC(=O)c1ccc(CN2CCCN(Cc3ccc(F)c(Cl)c3)CC2)o1. The quantitative estimate of drug-likeness (QED) is 0.742. The van der Waals surface area contributed by atoms with Crippen LogP contribution in [0.15, 0.2) is 34.7 Å². The maximum absolute atomic E-state index is 13.3. The third kappa shape index (κ3) is 4.84. The van der Waals surface area contributed by atoms with Crippen molar-refractivity contribution >= 4 is 17.6 Å². The second-order valence-corrected chi connectivity index (χ2v) is 6.82. The molecule has 0 bridgehead atoms. The first-order valence-electron chi connectivity index (χ1n) is 8.61. The van der Waals surface area contributed by atoms with Crippen LogP contribution in [0.3, 0.4) is 0 Å². The molecule has 0 radical (unpaired) electrons. The summed E-state index contributed by atoms with van der Waals surface area (Å²) in [7, 11) is 1.34. The normalized spacial score (nSPS) is 16.4. The molecule has 0 atom stereocenters. The van der Waals surface area contributed by atoms with Gasteiger partial charge in [0.1, 0.15) is 11.6 Å². The monoisotopic (exact) mass is 380 g/mol. The zero-order valence-electron chi connectivity index (χ0n) is 14.7. The Kier molecular flexibility index (Phi) is 6.29. The molecule has 1 aliphatic heterocycles. The van der Waals surface area contributed by atoms with Gasteiger partial charge >= 0.3 is 5.97 Å². The van der Waals surface area contributed by atoms with E-state index < -0.39 is 5.97 Å². The van der Waals surface area contributed by atoms with Crippen molar-refractivity contribution in [3.63, 3.8) is 0 Å². The lowest BCUT2D eigenvalue weighted by molar-refractivity contribution is 0.0561. The van der Waals surface area contributed by atoms with Gasteiger partial charge in [-0.25, -0.2) is 9.18 Å². The summed E-state index contributed by atoms with van der Waals surface area (Å²) in [5.41, 5.74) is 1.01. The molecular weight excluding hydrogens is 359 g/mol. The number of nitrogens with zero attached hydrogens (tertiary/aromatic N) is 2. The highest BCUT2D eigenvalue weighted by Crippen LogP contribution is 2.18. The molecule has 0 spiro atoms. The molecule has 7 heteroatoms. The minimum absolute atomic E-state index is 0.165. The summed E-state index contributed by atoms with van der Waals surface area (Å²) in [6.07, 6.45) is 1.03. The van der Waals surface area contributed by atoms with Crippen molar-refractivity contribution in [2.24, 2.45) is 0 Å². The van der Waals surface area contributed by atoms with Crippen LogP contribution in [0.2, 0.25) is 5.02 Å². The number of rotatable bonds is 5. The Morgan fingerprint density at radius 2 is 1.88 bits per heavy atom. The van der Waals surface area contributed by atoms with Gasteiger partial charge in [-0.15, -0.1) is 0 Å². The van der Waals surface area contributed by atoms with Gasteiger partial charge in [0.05, 0.1) is 18.7 Å². The highest BCUT2D eigenvalue weighted by Gasteiger charge is 2.18. The van der Waals surface area contributed by atoms with Gasteiger partial charge in [-0.3, -0.25) is 9.80 Å². The smallest absolute Gasteiger partial charge is 0.373 e. The van der Waals surface area contributed by atoms with Crippen molar-refractivity contribution in [1.29, 1.82) is 0 Å². The molecule has 2 aromatic rings. The highest BCUT2D eigenvalue weighted by molar-refractivity contribution is 6.30. The Hall–Kier alpha value is -1.89. The van der Waals surface area contributed by atoms with Crippen molar-refractivity contribution in [3.8, 4) is 0 Å². The average molecular weight is 381 g/mol. The molecule has 1 saturated heterocycles. The molecule has 0 aliphatic carbocycles. The minimum atomic E-state index is -0.462. The summed E-state index contributed by atoms with van der Waals surface area (Å²) in [6.45, 7) is 5.13. The molecule has 3 rings (SSSR count). The Morgan fingerprint density at radius 1 is 1.15 bits per heavy atom. The lowest BCUT2D eigenvalue weighted by Gasteiger charge is -2.21. The van der Waals surface area contributed by atoms with Gasteiger partial charge in [0, 0.05) is 19.6 Å². The van der Waals surface area contributed by atoms with Crippen LogP contribution in [0.25, 0.3) is 0 Å². The predicted molar refractivity (Wildman–Crippen MR) is 96.6 cm³/mol. The van der Waals surface area contributed by atoms with Crippen molar-refractivity contribution in [3.05, 3.63) is 58.3 Å².